The van der Waals surface area contributed by atoms with Crippen molar-refractivity contribution >= 4 is 31.7 Å². The number of ether oxygens (including phenoxy) is 1. The average molecular weight is 309 g/mol. The third-order valence-corrected chi connectivity index (χ3v) is 6.72. The molecule has 0 bridgehead atoms. The van der Waals surface area contributed by atoms with Gasteiger partial charge >= 0.3 is 5.97 Å². The van der Waals surface area contributed by atoms with E-state index in [4.69, 9.17) is 4.74 Å². The molecule has 0 saturated carbocycles. The summed E-state index contributed by atoms with van der Waals surface area (Å²) in [4.78, 5) is 11.9. The van der Waals surface area contributed by atoms with Crippen LogP contribution in [0.1, 0.15) is 19.8 Å². The second kappa shape index (κ2) is 3.84. The fraction of sp³-hybridized carbons (Fsp3) is 0.700. The fourth-order valence-electron chi connectivity index (χ4n) is 2.18. The van der Waals surface area contributed by atoms with Crippen molar-refractivity contribution in [1.82, 2.24) is 0 Å². The van der Waals surface area contributed by atoms with Crippen molar-refractivity contribution in [2.45, 2.75) is 35.4 Å². The molecular weight excluding hydrogens is 296 g/mol. The Morgan fingerprint density at radius 1 is 1.56 bits per heavy atom. The highest BCUT2D eigenvalue weighted by molar-refractivity contribution is 9.10. The van der Waals surface area contributed by atoms with Gasteiger partial charge in [0, 0.05) is 0 Å². The lowest BCUT2D eigenvalue weighted by atomic mass is 9.93. The Hall–Kier alpha value is -0.360. The first-order valence-electron chi connectivity index (χ1n) is 5.14. The highest BCUT2D eigenvalue weighted by Gasteiger charge is 2.53. The highest BCUT2D eigenvalue weighted by atomic mass is 79.9. The largest absolute Gasteiger partial charge is 0.461 e. The van der Waals surface area contributed by atoms with Crippen LogP contribution >= 0.6 is 15.9 Å². The molecule has 0 radical (unpaired) electrons. The number of esters is 1. The van der Waals surface area contributed by atoms with Crippen molar-refractivity contribution in [2.24, 2.45) is 0 Å². The predicted octanol–water partition coefficient (Wildman–Crippen LogP) is 1.20. The minimum Gasteiger partial charge on any atom is -0.461 e. The summed E-state index contributed by atoms with van der Waals surface area (Å²) in [6, 6.07) is 0. The number of hydrogen-bond donors (Lipinski definition) is 0. The maximum atomic E-state index is 12.1. The number of fused-ring (bicyclic) bond motifs is 1. The molecule has 1 saturated heterocycles. The van der Waals surface area contributed by atoms with Crippen LogP contribution in [0.2, 0.25) is 0 Å². The van der Waals surface area contributed by atoms with Gasteiger partial charge in [-0.25, -0.2) is 8.42 Å². The summed E-state index contributed by atoms with van der Waals surface area (Å²) < 4.78 is 28.2. The Morgan fingerprint density at radius 2 is 2.25 bits per heavy atom. The summed E-state index contributed by atoms with van der Waals surface area (Å²) in [7, 11) is -3.34. The lowest BCUT2D eigenvalue weighted by Gasteiger charge is -2.31. The van der Waals surface area contributed by atoms with Gasteiger partial charge in [0.25, 0.3) is 0 Å². The van der Waals surface area contributed by atoms with E-state index in [1.54, 1.807) is 13.0 Å². The van der Waals surface area contributed by atoms with Crippen LogP contribution in [0.5, 0.6) is 0 Å². The Kier molecular flexibility index (Phi) is 2.90. The van der Waals surface area contributed by atoms with E-state index in [1.165, 1.54) is 0 Å². The number of sulfone groups is 1. The quantitative estimate of drug-likeness (QED) is 0.383. The lowest BCUT2D eigenvalue weighted by molar-refractivity contribution is -0.149. The lowest BCUT2D eigenvalue weighted by Crippen LogP contribution is -2.47. The maximum absolute atomic E-state index is 12.1. The predicted molar refractivity (Wildman–Crippen MR) is 63.2 cm³/mol. The molecule has 0 N–H and O–H groups in total. The summed E-state index contributed by atoms with van der Waals surface area (Å²) >= 11 is 3.29. The van der Waals surface area contributed by atoms with E-state index in [0.717, 1.165) is 0 Å². The molecule has 0 aromatic heterocycles. The van der Waals surface area contributed by atoms with Crippen LogP contribution in [0, 0.1) is 0 Å². The number of cyclic esters (lactones) is 1. The van der Waals surface area contributed by atoms with Crippen LogP contribution in [0.15, 0.2) is 12.2 Å². The molecule has 1 heterocycles. The first-order chi connectivity index (χ1) is 7.36. The van der Waals surface area contributed by atoms with E-state index in [1.807, 2.05) is 6.08 Å². The Morgan fingerprint density at radius 3 is 2.94 bits per heavy atom. The van der Waals surface area contributed by atoms with Gasteiger partial charge in [-0.3, -0.25) is 4.79 Å². The Labute approximate surface area is 103 Å². The fourth-order valence-corrected chi connectivity index (χ4v) is 5.57. The molecule has 2 rings (SSSR count). The monoisotopic (exact) mass is 308 g/mol. The third-order valence-electron chi connectivity index (χ3n) is 2.94. The van der Waals surface area contributed by atoms with E-state index in [9.17, 15) is 13.2 Å². The second-order valence-electron chi connectivity index (χ2n) is 4.30. The molecule has 16 heavy (non-hydrogen) atoms. The van der Waals surface area contributed by atoms with Gasteiger partial charge in [0.15, 0.2) is 9.84 Å². The maximum Gasteiger partial charge on any atom is 0.324 e. The summed E-state index contributed by atoms with van der Waals surface area (Å²) in [6.07, 6.45) is 3.98. The number of carbonyl (C=O) groups excluding carboxylic acids is 1. The molecule has 6 heteroatoms. The van der Waals surface area contributed by atoms with Crippen molar-refractivity contribution in [2.75, 3.05) is 5.75 Å². The Balaban J connectivity index is 2.53. The summed E-state index contributed by atoms with van der Waals surface area (Å²) in [6.45, 7) is 1.60. The molecule has 0 aromatic rings. The molecule has 4 nitrogen and oxygen atoms in total. The molecule has 1 aliphatic carbocycles. The number of alkyl halides is 1. The molecule has 0 amide bonds. The molecule has 3 atom stereocenters. The van der Waals surface area contributed by atoms with Gasteiger partial charge in [-0.1, -0.05) is 28.1 Å². The number of rotatable bonds is 0. The SMILES string of the molecule is C[C@@H]1CS(=O)(=O)[C@H]2C=CCC[C@@]2(Br)C(=O)O1. The van der Waals surface area contributed by atoms with Crippen molar-refractivity contribution in [3.63, 3.8) is 0 Å². The van der Waals surface area contributed by atoms with Crippen molar-refractivity contribution in [1.29, 1.82) is 0 Å². The van der Waals surface area contributed by atoms with Crippen LogP contribution < -0.4 is 0 Å². The van der Waals surface area contributed by atoms with Gasteiger partial charge in [-0.05, 0) is 19.8 Å². The van der Waals surface area contributed by atoms with Crippen molar-refractivity contribution < 1.29 is 17.9 Å². The van der Waals surface area contributed by atoms with Crippen molar-refractivity contribution in [3.8, 4) is 0 Å². The topological polar surface area (TPSA) is 60.4 Å². The molecule has 0 aromatic carbocycles. The molecule has 2 aliphatic rings. The van der Waals surface area contributed by atoms with E-state index in [0.29, 0.717) is 12.8 Å². The minimum absolute atomic E-state index is 0.110. The minimum atomic E-state index is -3.34. The zero-order valence-corrected chi connectivity index (χ0v) is 11.3. The molecule has 90 valence electrons. The van der Waals surface area contributed by atoms with E-state index in [2.05, 4.69) is 15.9 Å². The summed E-state index contributed by atoms with van der Waals surface area (Å²) in [5.74, 6) is -0.573. The van der Waals surface area contributed by atoms with Gasteiger partial charge in [0.2, 0.25) is 0 Å². The second-order valence-corrected chi connectivity index (χ2v) is 7.88. The van der Waals surface area contributed by atoms with Crippen LogP contribution in [-0.4, -0.2) is 35.8 Å². The number of halogens is 1. The van der Waals surface area contributed by atoms with Crippen molar-refractivity contribution in [3.05, 3.63) is 12.2 Å². The first kappa shape index (κ1) is 12.1. The Bertz CT molecular complexity index is 442. The van der Waals surface area contributed by atoms with E-state index in [-0.39, 0.29) is 5.75 Å². The zero-order chi connectivity index (χ0) is 12.0. The zero-order valence-electron chi connectivity index (χ0n) is 8.85. The van der Waals surface area contributed by atoms with Gasteiger partial charge in [-0.2, -0.15) is 0 Å². The van der Waals surface area contributed by atoms with Crippen LogP contribution in [0.25, 0.3) is 0 Å². The molecule has 1 aliphatic heterocycles. The van der Waals surface area contributed by atoms with E-state index >= 15 is 0 Å². The van der Waals surface area contributed by atoms with Gasteiger partial charge in [-0.15, -0.1) is 0 Å². The van der Waals surface area contributed by atoms with Gasteiger partial charge in [0.1, 0.15) is 15.7 Å². The first-order valence-corrected chi connectivity index (χ1v) is 7.65. The number of carbonyl (C=O) groups is 1. The van der Waals surface area contributed by atoms with E-state index < -0.39 is 31.5 Å². The number of hydrogen-bond acceptors (Lipinski definition) is 4. The molecule has 1 fully saturated rings. The standard InChI is InChI=1S/C10H13BrO4S/c1-7-6-16(13,14)8-4-2-3-5-10(8,11)9(12)15-7/h2,4,7-8H,3,5-6H2,1H3/t7-,8+,10+/m1/s1. The molecule has 0 spiro atoms. The summed E-state index contributed by atoms with van der Waals surface area (Å²) in [5, 5.41) is -0.800. The van der Waals surface area contributed by atoms with Gasteiger partial charge < -0.3 is 4.74 Å². The average Bonchev–Trinajstić information content (AvgIpc) is 2.21. The highest BCUT2D eigenvalue weighted by Crippen LogP contribution is 2.40. The van der Waals surface area contributed by atoms with Crippen LogP contribution in [-0.2, 0) is 19.4 Å². The molecule has 0 unspecified atom stereocenters. The molecular formula is C10H13BrO4S. The number of allylic oxidation sites excluding steroid dienone is 1. The smallest absolute Gasteiger partial charge is 0.324 e. The normalized spacial score (nSPS) is 42.0. The third kappa shape index (κ3) is 1.82. The van der Waals surface area contributed by atoms with Crippen LogP contribution in [0.4, 0.5) is 0 Å². The summed E-state index contributed by atoms with van der Waals surface area (Å²) in [5.41, 5.74) is 0. The van der Waals surface area contributed by atoms with Gasteiger partial charge in [0.05, 0.1) is 5.75 Å². The van der Waals surface area contributed by atoms with Crippen LogP contribution in [0.3, 0.4) is 0 Å².